The molecule has 0 saturated carbocycles. The third-order valence-corrected chi connectivity index (χ3v) is 4.29. The van der Waals surface area contributed by atoms with E-state index in [-0.39, 0.29) is 16.8 Å². The molecule has 0 aliphatic carbocycles. The van der Waals surface area contributed by atoms with Crippen LogP contribution < -0.4 is 11.5 Å². The summed E-state index contributed by atoms with van der Waals surface area (Å²) in [6.45, 7) is 0. The summed E-state index contributed by atoms with van der Waals surface area (Å²) in [5, 5.41) is 9.97. The Labute approximate surface area is 142 Å². The molecule has 0 aliphatic heterocycles. The largest absolute Gasteiger partial charge is 0.430 e. The minimum Gasteiger partial charge on any atom is -0.398 e. The van der Waals surface area contributed by atoms with Crippen LogP contribution in [0.1, 0.15) is 5.56 Å². The molecule has 0 fully saturated rings. The summed E-state index contributed by atoms with van der Waals surface area (Å²) in [5.41, 5.74) is 5.42. The number of rotatable bonds is 1. The van der Waals surface area contributed by atoms with Crippen LogP contribution in [0.25, 0.3) is 21.5 Å². The lowest BCUT2D eigenvalue weighted by molar-refractivity contribution is -0.375. The number of hydrogen-bond donors (Lipinski definition) is 3. The van der Waals surface area contributed by atoms with Crippen molar-refractivity contribution in [2.45, 2.75) is 18.0 Å². The molecule has 3 rings (SSSR count). The molecular weight excluding hydrogens is 362 g/mol. The van der Waals surface area contributed by atoms with Gasteiger partial charge in [0.1, 0.15) is 0 Å². The molecule has 0 amide bonds. The number of hydrogen-bond acceptors (Lipinski definition) is 3. The van der Waals surface area contributed by atoms with E-state index < -0.39 is 28.9 Å². The lowest BCUT2D eigenvalue weighted by atomic mass is 9.86. The van der Waals surface area contributed by atoms with Gasteiger partial charge in [-0.25, -0.2) is 0 Å². The van der Waals surface area contributed by atoms with E-state index in [1.807, 2.05) is 0 Å². The topological polar surface area (TPSA) is 72.3 Å². The van der Waals surface area contributed by atoms with E-state index in [9.17, 15) is 31.4 Å². The Morgan fingerprint density at radius 1 is 0.692 bits per heavy atom. The van der Waals surface area contributed by atoms with Gasteiger partial charge in [-0.15, -0.1) is 0 Å². The van der Waals surface area contributed by atoms with E-state index in [2.05, 4.69) is 0 Å². The van der Waals surface area contributed by atoms with Gasteiger partial charge in [0.2, 0.25) is 0 Å². The van der Waals surface area contributed by atoms with Crippen molar-refractivity contribution >= 4 is 32.9 Å². The van der Waals surface area contributed by atoms with Gasteiger partial charge in [0, 0.05) is 27.7 Å². The first-order valence-electron chi connectivity index (χ1n) is 7.24. The Bertz CT molecular complexity index is 996. The summed E-state index contributed by atoms with van der Waals surface area (Å²) in [7, 11) is 0. The zero-order valence-electron chi connectivity index (χ0n) is 12.9. The van der Waals surface area contributed by atoms with Gasteiger partial charge in [-0.3, -0.25) is 0 Å². The van der Waals surface area contributed by atoms with E-state index >= 15 is 0 Å². The maximum atomic E-state index is 13.3. The molecule has 5 N–H and O–H groups in total. The summed E-state index contributed by atoms with van der Waals surface area (Å²) in [6, 6.07) is 8.38. The second-order valence-corrected chi connectivity index (χ2v) is 5.87. The lowest BCUT2D eigenvalue weighted by Crippen LogP contribution is -2.54. The van der Waals surface area contributed by atoms with E-state index in [0.29, 0.717) is 16.8 Å². The number of aliphatic hydroxyl groups is 1. The third-order valence-electron chi connectivity index (χ3n) is 4.29. The van der Waals surface area contributed by atoms with Crippen molar-refractivity contribution in [2.24, 2.45) is 0 Å². The number of halogens is 6. The molecule has 0 atom stereocenters. The van der Waals surface area contributed by atoms with Crippen LogP contribution in [-0.4, -0.2) is 17.5 Å². The van der Waals surface area contributed by atoms with Gasteiger partial charge < -0.3 is 16.6 Å². The predicted molar refractivity (Wildman–Crippen MR) is 86.3 cm³/mol. The molecule has 138 valence electrons. The lowest BCUT2D eigenvalue weighted by Gasteiger charge is -2.33. The molecule has 0 spiro atoms. The van der Waals surface area contributed by atoms with Gasteiger partial charge in [0.15, 0.2) is 0 Å². The van der Waals surface area contributed by atoms with Crippen LogP contribution in [0.3, 0.4) is 0 Å². The highest BCUT2D eigenvalue weighted by molar-refractivity contribution is 6.08. The van der Waals surface area contributed by atoms with Gasteiger partial charge >= 0.3 is 12.4 Å². The molecule has 0 bridgehead atoms. The molecule has 26 heavy (non-hydrogen) atoms. The highest BCUT2D eigenvalue weighted by atomic mass is 19.4. The first kappa shape index (κ1) is 18.1. The van der Waals surface area contributed by atoms with Crippen LogP contribution in [0.15, 0.2) is 42.5 Å². The molecule has 0 aromatic heterocycles. The van der Waals surface area contributed by atoms with Crippen molar-refractivity contribution in [1.82, 2.24) is 0 Å². The second kappa shape index (κ2) is 5.41. The number of alkyl halides is 6. The van der Waals surface area contributed by atoms with E-state index in [1.165, 1.54) is 24.3 Å². The summed E-state index contributed by atoms with van der Waals surface area (Å²) in [4.78, 5) is 0. The average Bonchev–Trinajstić information content (AvgIpc) is 2.52. The zero-order valence-corrected chi connectivity index (χ0v) is 12.9. The Balaban J connectivity index is 2.49. The van der Waals surface area contributed by atoms with Gasteiger partial charge in [0.25, 0.3) is 5.60 Å². The van der Waals surface area contributed by atoms with Crippen molar-refractivity contribution in [2.75, 3.05) is 11.5 Å². The highest BCUT2D eigenvalue weighted by Crippen LogP contribution is 2.52. The van der Waals surface area contributed by atoms with E-state index in [1.54, 1.807) is 0 Å². The molecule has 3 aromatic rings. The Hall–Kier alpha value is -2.68. The van der Waals surface area contributed by atoms with E-state index in [4.69, 9.17) is 11.5 Å². The van der Waals surface area contributed by atoms with Crippen LogP contribution in [0.4, 0.5) is 37.7 Å². The van der Waals surface area contributed by atoms with Gasteiger partial charge in [-0.05, 0) is 35.0 Å². The van der Waals surface area contributed by atoms with Crippen LogP contribution in [0, 0.1) is 0 Å². The van der Waals surface area contributed by atoms with Crippen LogP contribution in [0.5, 0.6) is 0 Å². The smallest absolute Gasteiger partial charge is 0.398 e. The molecule has 0 heterocycles. The number of benzene rings is 3. The zero-order chi connectivity index (χ0) is 19.5. The van der Waals surface area contributed by atoms with Crippen LogP contribution in [-0.2, 0) is 5.60 Å². The van der Waals surface area contributed by atoms with Crippen LogP contribution in [0.2, 0.25) is 0 Å². The fraction of sp³-hybridized carbons (Fsp3) is 0.176. The normalized spacial score (nSPS) is 13.5. The molecule has 3 aromatic carbocycles. The van der Waals surface area contributed by atoms with Crippen molar-refractivity contribution in [3.63, 3.8) is 0 Å². The SMILES string of the molecule is Nc1cccc2cc3c(C(O)(C(F)(F)F)C(F)(F)F)ccc(N)c3cc12. The van der Waals surface area contributed by atoms with Crippen LogP contribution >= 0.6 is 0 Å². The highest BCUT2D eigenvalue weighted by Gasteiger charge is 2.71. The quantitative estimate of drug-likeness (QED) is 0.334. The Morgan fingerprint density at radius 3 is 1.85 bits per heavy atom. The Kier molecular flexibility index (Phi) is 3.77. The summed E-state index contributed by atoms with van der Waals surface area (Å²) >= 11 is 0. The fourth-order valence-corrected chi connectivity index (χ4v) is 2.95. The van der Waals surface area contributed by atoms with Crippen molar-refractivity contribution in [3.8, 4) is 0 Å². The molecule has 0 saturated heterocycles. The summed E-state index contributed by atoms with van der Waals surface area (Å²) < 4.78 is 79.6. The summed E-state index contributed by atoms with van der Waals surface area (Å²) in [6.07, 6.45) is -12.0. The number of anilines is 2. The maximum Gasteiger partial charge on any atom is 0.430 e. The average molecular weight is 374 g/mol. The number of nitrogen functional groups attached to an aromatic ring is 2. The third kappa shape index (κ3) is 2.42. The number of nitrogens with two attached hydrogens (primary N) is 2. The fourth-order valence-electron chi connectivity index (χ4n) is 2.95. The molecule has 9 heteroatoms. The molecule has 0 radical (unpaired) electrons. The van der Waals surface area contributed by atoms with E-state index in [0.717, 1.165) is 12.1 Å². The van der Waals surface area contributed by atoms with Gasteiger partial charge in [0.05, 0.1) is 0 Å². The molecule has 0 unspecified atom stereocenters. The van der Waals surface area contributed by atoms with Crippen molar-refractivity contribution < 1.29 is 31.4 Å². The van der Waals surface area contributed by atoms with Gasteiger partial charge in [-0.1, -0.05) is 18.2 Å². The second-order valence-electron chi connectivity index (χ2n) is 5.87. The standard InChI is InChI=1S/C17H12F6N2O/c18-16(19,20)15(26,17(21,22)23)12-4-5-14(25)11-7-9-8(6-10(11)12)2-1-3-13(9)24/h1-7,26H,24-25H2. The monoisotopic (exact) mass is 374 g/mol. The maximum absolute atomic E-state index is 13.3. The first-order chi connectivity index (χ1) is 11.9. The number of fused-ring (bicyclic) bond motifs is 2. The molecular formula is C17H12F6N2O. The minimum atomic E-state index is -5.99. The predicted octanol–water partition coefficient (Wildman–Crippen LogP) is 4.47. The molecule has 0 aliphatic rings. The van der Waals surface area contributed by atoms with Gasteiger partial charge in [-0.2, -0.15) is 26.3 Å². The minimum absolute atomic E-state index is 0.0411. The summed E-state index contributed by atoms with van der Waals surface area (Å²) in [5.74, 6) is 0. The van der Waals surface area contributed by atoms with Crippen molar-refractivity contribution in [1.29, 1.82) is 0 Å². The van der Waals surface area contributed by atoms with Crippen molar-refractivity contribution in [3.05, 3.63) is 48.0 Å². The first-order valence-corrected chi connectivity index (χ1v) is 7.24. The molecule has 3 nitrogen and oxygen atoms in total. The Morgan fingerprint density at radius 2 is 1.27 bits per heavy atom.